The number of likely N-dealkylation sites (tertiary alicyclic amines) is 1. The molecular formula is C14H19N5O2. The summed E-state index contributed by atoms with van der Waals surface area (Å²) in [4.78, 5) is 6.79. The first-order valence-corrected chi connectivity index (χ1v) is 7.31. The molecule has 2 aliphatic heterocycles. The van der Waals surface area contributed by atoms with Crippen molar-refractivity contribution in [2.75, 3.05) is 19.7 Å². The second kappa shape index (κ2) is 4.92. The van der Waals surface area contributed by atoms with Crippen LogP contribution in [0.4, 0.5) is 0 Å². The van der Waals surface area contributed by atoms with E-state index in [0.717, 1.165) is 25.5 Å². The van der Waals surface area contributed by atoms with Crippen molar-refractivity contribution in [1.29, 1.82) is 0 Å². The largest absolute Gasteiger partial charge is 0.376 e. The van der Waals surface area contributed by atoms with Gasteiger partial charge >= 0.3 is 0 Å². The molecule has 0 N–H and O–H groups in total. The van der Waals surface area contributed by atoms with Gasteiger partial charge in [-0.05, 0) is 6.92 Å². The van der Waals surface area contributed by atoms with Gasteiger partial charge in [-0.1, -0.05) is 5.16 Å². The van der Waals surface area contributed by atoms with Crippen LogP contribution in [0.15, 0.2) is 16.9 Å². The highest BCUT2D eigenvalue weighted by atomic mass is 16.5. The SMILES string of the molecule is Cc1noc([C@H]2CO[C@@H]3CN(Cc4cnn(C)c4)C[C@H]23)n1. The molecule has 0 aliphatic carbocycles. The van der Waals surface area contributed by atoms with Crippen LogP contribution in [0.2, 0.25) is 0 Å². The van der Waals surface area contributed by atoms with Gasteiger partial charge in [-0.15, -0.1) is 0 Å². The smallest absolute Gasteiger partial charge is 0.232 e. The van der Waals surface area contributed by atoms with Crippen LogP contribution in [-0.2, 0) is 18.3 Å². The average molecular weight is 289 g/mol. The molecule has 0 bridgehead atoms. The van der Waals surface area contributed by atoms with E-state index in [1.807, 2.05) is 24.9 Å². The highest BCUT2D eigenvalue weighted by Crippen LogP contribution is 2.39. The minimum Gasteiger partial charge on any atom is -0.376 e. The first-order valence-electron chi connectivity index (χ1n) is 7.31. The van der Waals surface area contributed by atoms with Crippen molar-refractivity contribution in [3.63, 3.8) is 0 Å². The number of nitrogens with zero attached hydrogens (tertiary/aromatic N) is 5. The molecule has 2 aliphatic rings. The Morgan fingerprint density at radius 2 is 2.29 bits per heavy atom. The van der Waals surface area contributed by atoms with Crippen molar-refractivity contribution in [2.24, 2.45) is 13.0 Å². The van der Waals surface area contributed by atoms with E-state index in [-0.39, 0.29) is 12.0 Å². The van der Waals surface area contributed by atoms with E-state index in [9.17, 15) is 0 Å². The molecule has 0 unspecified atom stereocenters. The van der Waals surface area contributed by atoms with E-state index in [4.69, 9.17) is 9.26 Å². The number of aromatic nitrogens is 4. The van der Waals surface area contributed by atoms with Crippen LogP contribution < -0.4 is 0 Å². The van der Waals surface area contributed by atoms with E-state index in [1.54, 1.807) is 0 Å². The molecule has 21 heavy (non-hydrogen) atoms. The molecular weight excluding hydrogens is 270 g/mol. The lowest BCUT2D eigenvalue weighted by Crippen LogP contribution is -2.23. The fourth-order valence-electron chi connectivity index (χ4n) is 3.45. The normalized spacial score (nSPS) is 29.1. The quantitative estimate of drug-likeness (QED) is 0.829. The van der Waals surface area contributed by atoms with Crippen LogP contribution in [0.25, 0.3) is 0 Å². The van der Waals surface area contributed by atoms with Crippen molar-refractivity contribution < 1.29 is 9.26 Å². The first kappa shape index (κ1) is 13.0. The summed E-state index contributed by atoms with van der Waals surface area (Å²) >= 11 is 0. The Morgan fingerprint density at radius 1 is 1.38 bits per heavy atom. The topological polar surface area (TPSA) is 69.2 Å². The molecule has 0 saturated carbocycles. The van der Waals surface area contributed by atoms with Gasteiger partial charge in [-0.3, -0.25) is 9.58 Å². The van der Waals surface area contributed by atoms with Crippen molar-refractivity contribution in [1.82, 2.24) is 24.8 Å². The van der Waals surface area contributed by atoms with Crippen LogP contribution in [0.1, 0.15) is 23.2 Å². The summed E-state index contributed by atoms with van der Waals surface area (Å²) in [6.07, 6.45) is 4.26. The molecule has 112 valence electrons. The lowest BCUT2D eigenvalue weighted by Gasteiger charge is -2.17. The van der Waals surface area contributed by atoms with Gasteiger partial charge in [0.2, 0.25) is 5.89 Å². The summed E-state index contributed by atoms with van der Waals surface area (Å²) in [5, 5.41) is 8.12. The molecule has 2 aromatic rings. The van der Waals surface area contributed by atoms with Crippen molar-refractivity contribution >= 4 is 0 Å². The van der Waals surface area contributed by atoms with Gasteiger partial charge in [-0.25, -0.2) is 0 Å². The third-order valence-corrected chi connectivity index (χ3v) is 4.42. The number of hydrogen-bond acceptors (Lipinski definition) is 6. The molecule has 2 saturated heterocycles. The van der Waals surface area contributed by atoms with E-state index >= 15 is 0 Å². The minimum atomic E-state index is 0.232. The third kappa shape index (κ3) is 2.36. The van der Waals surface area contributed by atoms with Gasteiger partial charge in [0.05, 0.1) is 24.8 Å². The Bertz CT molecular complexity index is 637. The van der Waals surface area contributed by atoms with Gasteiger partial charge in [0.1, 0.15) is 0 Å². The molecule has 0 radical (unpaired) electrons. The van der Waals surface area contributed by atoms with E-state index < -0.39 is 0 Å². The number of ether oxygens (including phenoxy) is 1. The second-order valence-corrected chi connectivity index (χ2v) is 6.04. The number of rotatable bonds is 3. The summed E-state index contributed by atoms with van der Waals surface area (Å²) in [6, 6.07) is 0. The second-order valence-electron chi connectivity index (χ2n) is 6.04. The lowest BCUT2D eigenvalue weighted by atomic mass is 9.93. The molecule has 7 nitrogen and oxygen atoms in total. The Kier molecular flexibility index (Phi) is 3.04. The highest BCUT2D eigenvalue weighted by Gasteiger charge is 2.46. The predicted molar refractivity (Wildman–Crippen MR) is 73.5 cm³/mol. The molecule has 0 spiro atoms. The van der Waals surface area contributed by atoms with Crippen LogP contribution in [0, 0.1) is 12.8 Å². The van der Waals surface area contributed by atoms with Crippen LogP contribution in [-0.4, -0.2) is 50.6 Å². The molecule has 7 heteroatoms. The van der Waals surface area contributed by atoms with Gasteiger partial charge < -0.3 is 9.26 Å². The summed E-state index contributed by atoms with van der Waals surface area (Å²) in [7, 11) is 1.94. The molecule has 4 heterocycles. The average Bonchev–Trinajstić information content (AvgIpc) is 3.16. The molecule has 0 aromatic carbocycles. The zero-order chi connectivity index (χ0) is 14.4. The van der Waals surface area contributed by atoms with E-state index in [1.165, 1.54) is 5.56 Å². The van der Waals surface area contributed by atoms with Crippen LogP contribution in [0.5, 0.6) is 0 Å². The molecule has 4 rings (SSSR count). The summed E-state index contributed by atoms with van der Waals surface area (Å²) in [6.45, 7) is 5.43. The molecule has 3 atom stereocenters. The Hall–Kier alpha value is -1.73. The summed E-state index contributed by atoms with van der Waals surface area (Å²) in [5.74, 6) is 2.10. The zero-order valence-electron chi connectivity index (χ0n) is 12.3. The maximum Gasteiger partial charge on any atom is 0.232 e. The molecule has 0 amide bonds. The maximum atomic E-state index is 5.94. The van der Waals surface area contributed by atoms with E-state index in [2.05, 4.69) is 26.3 Å². The zero-order valence-corrected chi connectivity index (χ0v) is 12.3. The van der Waals surface area contributed by atoms with Crippen LogP contribution >= 0.6 is 0 Å². The Labute approximate surface area is 122 Å². The van der Waals surface area contributed by atoms with Gasteiger partial charge in [-0.2, -0.15) is 10.1 Å². The number of aryl methyl sites for hydroxylation is 2. The number of fused-ring (bicyclic) bond motifs is 1. The predicted octanol–water partition coefficient (Wildman–Crippen LogP) is 0.726. The Morgan fingerprint density at radius 3 is 3.00 bits per heavy atom. The third-order valence-electron chi connectivity index (χ3n) is 4.42. The van der Waals surface area contributed by atoms with Crippen molar-refractivity contribution in [2.45, 2.75) is 25.5 Å². The Balaban J connectivity index is 1.45. The van der Waals surface area contributed by atoms with Crippen molar-refractivity contribution in [3.05, 3.63) is 29.7 Å². The van der Waals surface area contributed by atoms with Gasteiger partial charge in [0.15, 0.2) is 5.82 Å². The molecule has 2 aromatic heterocycles. The summed E-state index contributed by atoms with van der Waals surface area (Å²) < 4.78 is 13.1. The highest BCUT2D eigenvalue weighted by molar-refractivity contribution is 5.09. The lowest BCUT2D eigenvalue weighted by molar-refractivity contribution is 0.0958. The fraction of sp³-hybridized carbons (Fsp3) is 0.643. The monoisotopic (exact) mass is 289 g/mol. The molecule has 2 fully saturated rings. The standard InChI is InChI=1S/C14H19N5O2/c1-9-16-14(21-17-9)12-8-20-13-7-19(6-11(12)13)5-10-3-15-18(2)4-10/h3-4,11-13H,5-8H2,1-2H3/t11-,12+,13-/m1/s1. The fourth-order valence-corrected chi connectivity index (χ4v) is 3.45. The maximum absolute atomic E-state index is 5.94. The summed E-state index contributed by atoms with van der Waals surface area (Å²) in [5.41, 5.74) is 1.24. The van der Waals surface area contributed by atoms with Gasteiger partial charge in [0.25, 0.3) is 0 Å². The van der Waals surface area contributed by atoms with E-state index in [0.29, 0.717) is 18.3 Å². The first-order chi connectivity index (χ1) is 10.2. The number of hydrogen-bond donors (Lipinski definition) is 0. The van der Waals surface area contributed by atoms with Gasteiger partial charge in [0, 0.05) is 44.4 Å². The van der Waals surface area contributed by atoms with Crippen LogP contribution in [0.3, 0.4) is 0 Å². The van der Waals surface area contributed by atoms with Crippen molar-refractivity contribution in [3.8, 4) is 0 Å². The minimum absolute atomic E-state index is 0.232.